The van der Waals surface area contributed by atoms with Crippen LogP contribution in [0.15, 0.2) is 30.0 Å². The summed E-state index contributed by atoms with van der Waals surface area (Å²) in [4.78, 5) is 31.6. The normalized spacial score (nSPS) is 15.2. The van der Waals surface area contributed by atoms with Crippen molar-refractivity contribution in [2.45, 2.75) is 51.6 Å². The lowest BCUT2D eigenvalue weighted by Gasteiger charge is -2.34. The summed E-state index contributed by atoms with van der Waals surface area (Å²) in [6.07, 6.45) is -0.370. The van der Waals surface area contributed by atoms with E-state index in [9.17, 15) is 23.6 Å². The average Bonchev–Trinajstić information content (AvgIpc) is 3.22. The first-order valence-electron chi connectivity index (χ1n) is 11.8. The Hall–Kier alpha value is -3.61. The monoisotopic (exact) mass is 502 g/mol. The second kappa shape index (κ2) is 11.0. The third-order valence-corrected chi connectivity index (χ3v) is 5.70. The number of alkyl halides is 2. The van der Waals surface area contributed by atoms with Gasteiger partial charge >= 0.3 is 6.09 Å². The number of fused-ring (bicyclic) bond motifs is 1. The van der Waals surface area contributed by atoms with Crippen LogP contribution in [0.25, 0.3) is 10.9 Å². The van der Waals surface area contributed by atoms with Crippen LogP contribution in [0, 0.1) is 11.3 Å². The van der Waals surface area contributed by atoms with Gasteiger partial charge in [0.15, 0.2) is 0 Å². The van der Waals surface area contributed by atoms with E-state index in [1.54, 1.807) is 36.0 Å². The van der Waals surface area contributed by atoms with E-state index >= 15 is 0 Å². The molecule has 1 amide bonds. The first-order chi connectivity index (χ1) is 16.9. The van der Waals surface area contributed by atoms with E-state index in [1.165, 1.54) is 6.20 Å². The van der Waals surface area contributed by atoms with Crippen LogP contribution in [0.5, 0.6) is 5.75 Å². The number of carbonyl (C=O) groups is 2. The lowest BCUT2D eigenvalue weighted by Crippen LogP contribution is -2.41. The van der Waals surface area contributed by atoms with Gasteiger partial charge in [-0.3, -0.25) is 4.79 Å². The number of amides is 1. The van der Waals surface area contributed by atoms with E-state index in [2.05, 4.69) is 4.98 Å². The van der Waals surface area contributed by atoms with Crippen molar-refractivity contribution in [1.82, 2.24) is 14.8 Å². The van der Waals surface area contributed by atoms with Crippen molar-refractivity contribution >= 4 is 22.8 Å². The Labute approximate surface area is 209 Å². The number of aromatic amines is 1. The van der Waals surface area contributed by atoms with E-state index in [4.69, 9.17) is 9.47 Å². The van der Waals surface area contributed by atoms with Gasteiger partial charge in [0.2, 0.25) is 5.78 Å². The fourth-order valence-electron chi connectivity index (χ4n) is 4.14. The van der Waals surface area contributed by atoms with Crippen LogP contribution in [0.2, 0.25) is 0 Å². The number of ketones is 1. The number of rotatable bonds is 7. The molecular weight excluding hydrogens is 470 g/mol. The van der Waals surface area contributed by atoms with Crippen LogP contribution >= 0.6 is 0 Å². The third kappa shape index (κ3) is 6.74. The maximum atomic E-state index is 13.0. The van der Waals surface area contributed by atoms with Gasteiger partial charge < -0.3 is 24.3 Å². The van der Waals surface area contributed by atoms with Crippen LogP contribution in [-0.4, -0.2) is 72.5 Å². The lowest BCUT2D eigenvalue weighted by atomic mass is 9.88. The van der Waals surface area contributed by atoms with Crippen LogP contribution in [0.3, 0.4) is 0 Å². The Morgan fingerprint density at radius 2 is 1.92 bits per heavy atom. The molecule has 1 aromatic carbocycles. The number of benzene rings is 1. The van der Waals surface area contributed by atoms with Gasteiger partial charge in [0.05, 0.1) is 5.69 Å². The highest BCUT2D eigenvalue weighted by Gasteiger charge is 2.29. The quantitative estimate of drug-likeness (QED) is 0.322. The standard InChI is InChI=1S/C26H32F2N4O4/c1-26(2,3)36-25(34)32-8-6-16(7-9-32)19-12-20-17(11-22(19)35-15-23(27)28)10-21(30-20)24(33)18(13-29)14-31(4)5/h10-12,14,16,23,30H,6-9,15H2,1-5H3. The molecule has 8 nitrogen and oxygen atoms in total. The molecule has 2 aromatic rings. The van der Waals surface area contributed by atoms with Gasteiger partial charge in [0.25, 0.3) is 6.43 Å². The topological polar surface area (TPSA) is 98.7 Å². The molecule has 0 aliphatic carbocycles. The molecule has 1 fully saturated rings. The van der Waals surface area contributed by atoms with Crippen molar-refractivity contribution in [2.75, 3.05) is 33.8 Å². The van der Waals surface area contributed by atoms with Gasteiger partial charge in [-0.2, -0.15) is 5.26 Å². The van der Waals surface area contributed by atoms with Crippen molar-refractivity contribution in [3.63, 3.8) is 0 Å². The van der Waals surface area contributed by atoms with Crippen LogP contribution in [0.4, 0.5) is 13.6 Å². The third-order valence-electron chi connectivity index (χ3n) is 5.70. The van der Waals surface area contributed by atoms with Crippen LogP contribution < -0.4 is 4.74 Å². The number of likely N-dealkylation sites (tertiary alicyclic amines) is 1. The smallest absolute Gasteiger partial charge is 0.410 e. The molecule has 1 aliphatic rings. The first kappa shape index (κ1) is 27.0. The molecular formula is C26H32F2N4O4. The number of Topliss-reactive ketones (excluding diaryl/α,β-unsaturated/α-hetero) is 1. The van der Waals surface area contributed by atoms with Gasteiger partial charge in [0.1, 0.15) is 29.6 Å². The van der Waals surface area contributed by atoms with Gasteiger partial charge in [-0.1, -0.05) is 0 Å². The molecule has 1 N–H and O–H groups in total. The van der Waals surface area contributed by atoms with Crippen molar-refractivity contribution in [3.05, 3.63) is 41.2 Å². The number of H-pyrrole nitrogens is 1. The number of nitriles is 1. The number of nitrogens with zero attached hydrogens (tertiary/aromatic N) is 3. The second-order valence-electron chi connectivity index (χ2n) is 10.1. The number of carbonyl (C=O) groups excluding carboxylic acids is 2. The van der Waals surface area contributed by atoms with Gasteiger partial charge in [0, 0.05) is 44.3 Å². The Kier molecular flexibility index (Phi) is 8.23. The molecule has 194 valence electrons. The Morgan fingerprint density at radius 1 is 1.25 bits per heavy atom. The summed E-state index contributed by atoms with van der Waals surface area (Å²) in [5, 5.41) is 9.99. The zero-order valence-electron chi connectivity index (χ0n) is 21.2. The Bertz CT molecular complexity index is 1180. The number of ether oxygens (including phenoxy) is 2. The molecule has 0 radical (unpaired) electrons. The predicted molar refractivity (Wildman–Crippen MR) is 131 cm³/mol. The fraction of sp³-hybridized carbons (Fsp3) is 0.500. The average molecular weight is 503 g/mol. The summed E-state index contributed by atoms with van der Waals surface area (Å²) in [5.41, 5.74) is 0.962. The number of halogens is 2. The molecule has 1 aliphatic heterocycles. The summed E-state index contributed by atoms with van der Waals surface area (Å²) < 4.78 is 36.8. The van der Waals surface area contributed by atoms with Crippen molar-refractivity contribution < 1.29 is 27.8 Å². The van der Waals surface area contributed by atoms with Crippen molar-refractivity contribution in [3.8, 4) is 11.8 Å². The minimum absolute atomic E-state index is 0.0320. The number of hydrogen-bond donors (Lipinski definition) is 1. The van der Waals surface area contributed by atoms with Gasteiger partial charge in [-0.15, -0.1) is 0 Å². The summed E-state index contributed by atoms with van der Waals surface area (Å²) in [6.45, 7) is 5.60. The molecule has 1 aromatic heterocycles. The van der Waals surface area contributed by atoms with E-state index < -0.39 is 24.4 Å². The van der Waals surface area contributed by atoms with Crippen LogP contribution in [0.1, 0.15) is 55.6 Å². The number of piperidine rings is 1. The highest BCUT2D eigenvalue weighted by atomic mass is 19.3. The molecule has 3 rings (SSSR count). The minimum atomic E-state index is -2.64. The van der Waals surface area contributed by atoms with E-state index in [0.717, 1.165) is 5.56 Å². The zero-order chi connectivity index (χ0) is 26.6. The number of allylic oxidation sites excluding steroid dienone is 1. The molecule has 0 bridgehead atoms. The maximum Gasteiger partial charge on any atom is 0.410 e. The molecule has 2 heterocycles. The van der Waals surface area contributed by atoms with E-state index in [-0.39, 0.29) is 23.3 Å². The maximum absolute atomic E-state index is 13.0. The van der Waals surface area contributed by atoms with Crippen molar-refractivity contribution in [1.29, 1.82) is 5.26 Å². The van der Waals surface area contributed by atoms with Crippen LogP contribution in [-0.2, 0) is 4.74 Å². The second-order valence-corrected chi connectivity index (χ2v) is 10.1. The SMILES string of the molecule is CN(C)C=C(C#N)C(=O)c1cc2cc(OCC(F)F)c(C3CCN(C(=O)OC(C)(C)C)CC3)cc2[nH]1. The molecule has 0 unspecified atom stereocenters. The fourth-order valence-corrected chi connectivity index (χ4v) is 4.14. The molecule has 0 atom stereocenters. The van der Waals surface area contributed by atoms with E-state index in [0.29, 0.717) is 42.6 Å². The highest BCUT2D eigenvalue weighted by Crippen LogP contribution is 2.38. The summed E-state index contributed by atoms with van der Waals surface area (Å²) in [5.74, 6) is -0.183. The lowest BCUT2D eigenvalue weighted by molar-refractivity contribution is 0.0203. The van der Waals surface area contributed by atoms with Gasteiger partial charge in [-0.05, 0) is 63.3 Å². The van der Waals surface area contributed by atoms with Gasteiger partial charge in [-0.25, -0.2) is 13.6 Å². The summed E-state index contributed by atoms with van der Waals surface area (Å²) >= 11 is 0. The molecule has 1 saturated heterocycles. The zero-order valence-corrected chi connectivity index (χ0v) is 21.2. The minimum Gasteiger partial charge on any atom is -0.487 e. The highest BCUT2D eigenvalue weighted by molar-refractivity contribution is 6.12. The Morgan fingerprint density at radius 3 is 2.47 bits per heavy atom. The molecule has 36 heavy (non-hydrogen) atoms. The summed E-state index contributed by atoms with van der Waals surface area (Å²) in [6, 6.07) is 6.94. The number of aromatic nitrogens is 1. The molecule has 0 saturated carbocycles. The number of nitrogens with one attached hydrogen (secondary N) is 1. The predicted octanol–water partition coefficient (Wildman–Crippen LogP) is 5.08. The molecule has 10 heteroatoms. The molecule has 0 spiro atoms. The summed E-state index contributed by atoms with van der Waals surface area (Å²) in [7, 11) is 3.42. The first-order valence-corrected chi connectivity index (χ1v) is 11.8. The Balaban J connectivity index is 1.89. The van der Waals surface area contributed by atoms with E-state index in [1.807, 2.05) is 32.9 Å². The van der Waals surface area contributed by atoms with Crippen molar-refractivity contribution in [2.24, 2.45) is 0 Å². The number of hydrogen-bond acceptors (Lipinski definition) is 6. The largest absolute Gasteiger partial charge is 0.487 e.